The van der Waals surface area contributed by atoms with Crippen molar-refractivity contribution in [1.29, 1.82) is 0 Å². The highest BCUT2D eigenvalue weighted by Crippen LogP contribution is 2.23. The van der Waals surface area contributed by atoms with Crippen molar-refractivity contribution in [2.24, 2.45) is 5.10 Å². The van der Waals surface area contributed by atoms with Gasteiger partial charge in [-0.25, -0.2) is 5.43 Å². The molecule has 0 aliphatic heterocycles. The summed E-state index contributed by atoms with van der Waals surface area (Å²) in [4.78, 5) is 46.7. The summed E-state index contributed by atoms with van der Waals surface area (Å²) in [5, 5.41) is 28.9. The third-order valence-electron chi connectivity index (χ3n) is 5.24. The van der Waals surface area contributed by atoms with Crippen LogP contribution >= 0.6 is 11.8 Å². The summed E-state index contributed by atoms with van der Waals surface area (Å²) in [5.74, 6) is -0.130. The van der Waals surface area contributed by atoms with E-state index in [2.05, 4.69) is 15.8 Å². The largest absolute Gasteiger partial charge is 0.491 e. The molecule has 3 aromatic carbocycles. The number of nitrogens with one attached hydrogen (secondary N) is 2. The van der Waals surface area contributed by atoms with Gasteiger partial charge in [-0.15, -0.1) is 0 Å². The minimum absolute atomic E-state index is 0.0267. The monoisotopic (exact) mass is 565 g/mol. The highest BCUT2D eigenvalue weighted by Gasteiger charge is 2.25. The number of ether oxygens (including phenoxy) is 1. The van der Waals surface area contributed by atoms with Crippen molar-refractivity contribution in [2.45, 2.75) is 31.7 Å². The van der Waals surface area contributed by atoms with E-state index in [0.717, 1.165) is 23.8 Å². The lowest BCUT2D eigenvalue weighted by molar-refractivity contribution is -0.394. The standard InChI is InChI=1S/C27H27N5O7S/c1-18(2)39-24-10-8-19(9-11-24)15-28-30-27(34)25(17-40-16-20-6-4-3-5-7-20)29-26(33)21-12-22(31(35)36)14-23(13-21)32(37)38/h3-15,18,25H,16-17H2,1-2H3,(H,29,33)(H,30,34)/b28-15-/t25-/m1/s1. The Hall–Kier alpha value is -4.78. The van der Waals surface area contributed by atoms with Crippen LogP contribution in [0.4, 0.5) is 11.4 Å². The van der Waals surface area contributed by atoms with Crippen molar-refractivity contribution in [3.8, 4) is 5.75 Å². The summed E-state index contributed by atoms with van der Waals surface area (Å²) in [6.07, 6.45) is 1.45. The summed E-state index contributed by atoms with van der Waals surface area (Å²) < 4.78 is 5.60. The zero-order valence-electron chi connectivity index (χ0n) is 21.7. The Labute approximate surface area is 234 Å². The number of amides is 2. The van der Waals surface area contributed by atoms with Crippen LogP contribution in [0.3, 0.4) is 0 Å². The molecule has 0 radical (unpaired) electrons. The average molecular weight is 566 g/mol. The molecule has 2 N–H and O–H groups in total. The number of carbonyl (C=O) groups is 2. The molecule has 1 atom stereocenters. The van der Waals surface area contributed by atoms with Gasteiger partial charge < -0.3 is 10.1 Å². The maximum Gasteiger partial charge on any atom is 0.277 e. The molecule has 0 heterocycles. The van der Waals surface area contributed by atoms with E-state index < -0.39 is 39.1 Å². The van der Waals surface area contributed by atoms with Gasteiger partial charge in [-0.1, -0.05) is 30.3 Å². The highest BCUT2D eigenvalue weighted by molar-refractivity contribution is 7.98. The molecule has 0 bridgehead atoms. The van der Waals surface area contributed by atoms with Crippen LogP contribution in [-0.2, 0) is 10.5 Å². The smallest absolute Gasteiger partial charge is 0.277 e. The molecule has 40 heavy (non-hydrogen) atoms. The number of hydrogen-bond donors (Lipinski definition) is 2. The third kappa shape index (κ3) is 9.20. The summed E-state index contributed by atoms with van der Waals surface area (Å²) in [5.41, 5.74) is 2.55. The molecule has 0 aliphatic carbocycles. The van der Waals surface area contributed by atoms with Crippen molar-refractivity contribution < 1.29 is 24.2 Å². The van der Waals surface area contributed by atoms with Crippen molar-refractivity contribution in [3.05, 3.63) is 110 Å². The molecule has 0 unspecified atom stereocenters. The average Bonchev–Trinajstić information content (AvgIpc) is 2.93. The van der Waals surface area contributed by atoms with E-state index in [4.69, 9.17) is 4.74 Å². The Morgan fingerprint density at radius 1 is 0.975 bits per heavy atom. The number of rotatable bonds is 13. The number of non-ortho nitro benzene ring substituents is 2. The molecule has 0 aliphatic rings. The van der Waals surface area contributed by atoms with Crippen LogP contribution in [0, 0.1) is 20.2 Å². The van der Waals surface area contributed by atoms with E-state index in [-0.39, 0.29) is 17.4 Å². The molecule has 0 spiro atoms. The predicted molar refractivity (Wildman–Crippen MR) is 152 cm³/mol. The lowest BCUT2D eigenvalue weighted by atomic mass is 10.1. The van der Waals surface area contributed by atoms with Crippen molar-refractivity contribution >= 4 is 41.2 Å². The minimum atomic E-state index is -1.10. The van der Waals surface area contributed by atoms with Crippen LogP contribution in [0.15, 0.2) is 77.9 Å². The summed E-state index contributed by atoms with van der Waals surface area (Å²) >= 11 is 1.37. The van der Waals surface area contributed by atoms with E-state index in [1.807, 2.05) is 44.2 Å². The molecule has 0 saturated carbocycles. The molecule has 0 aromatic heterocycles. The van der Waals surface area contributed by atoms with Gasteiger partial charge >= 0.3 is 0 Å². The lowest BCUT2D eigenvalue weighted by Gasteiger charge is -2.17. The van der Waals surface area contributed by atoms with Gasteiger partial charge in [0.25, 0.3) is 23.2 Å². The summed E-state index contributed by atoms with van der Waals surface area (Å²) in [7, 11) is 0. The van der Waals surface area contributed by atoms with Crippen LogP contribution in [0.5, 0.6) is 5.75 Å². The van der Waals surface area contributed by atoms with Crippen LogP contribution in [0.2, 0.25) is 0 Å². The third-order valence-corrected chi connectivity index (χ3v) is 6.35. The van der Waals surface area contributed by atoms with Gasteiger partial charge in [0.15, 0.2) is 0 Å². The number of nitro groups is 2. The van der Waals surface area contributed by atoms with Gasteiger partial charge in [0.2, 0.25) is 0 Å². The summed E-state index contributed by atoms with van der Waals surface area (Å²) in [6.45, 7) is 3.83. The molecular weight excluding hydrogens is 538 g/mol. The fourth-order valence-corrected chi connectivity index (χ4v) is 4.40. The number of carbonyl (C=O) groups excluding carboxylic acids is 2. The van der Waals surface area contributed by atoms with Gasteiger partial charge in [-0.2, -0.15) is 16.9 Å². The van der Waals surface area contributed by atoms with Gasteiger partial charge in [0, 0.05) is 23.6 Å². The van der Waals surface area contributed by atoms with E-state index in [9.17, 15) is 29.8 Å². The van der Waals surface area contributed by atoms with Crippen molar-refractivity contribution in [3.63, 3.8) is 0 Å². The number of benzene rings is 3. The molecule has 12 nitrogen and oxygen atoms in total. The Balaban J connectivity index is 1.73. The van der Waals surface area contributed by atoms with Crippen LogP contribution in [0.25, 0.3) is 0 Å². The quantitative estimate of drug-likeness (QED) is 0.174. The number of thioether (sulfide) groups is 1. The zero-order valence-corrected chi connectivity index (χ0v) is 22.5. The molecule has 0 saturated heterocycles. The molecule has 3 rings (SSSR count). The molecule has 13 heteroatoms. The fourth-order valence-electron chi connectivity index (χ4n) is 3.38. The van der Waals surface area contributed by atoms with Crippen molar-refractivity contribution in [1.82, 2.24) is 10.7 Å². The van der Waals surface area contributed by atoms with E-state index in [1.165, 1.54) is 18.0 Å². The van der Waals surface area contributed by atoms with E-state index in [0.29, 0.717) is 17.1 Å². The van der Waals surface area contributed by atoms with Gasteiger partial charge in [0.05, 0.1) is 33.8 Å². The number of hydrogen-bond acceptors (Lipinski definition) is 9. The first-order valence-corrected chi connectivity index (χ1v) is 13.2. The Morgan fingerprint density at radius 2 is 1.60 bits per heavy atom. The zero-order chi connectivity index (χ0) is 29.1. The maximum atomic E-state index is 13.0. The minimum Gasteiger partial charge on any atom is -0.491 e. The molecule has 208 valence electrons. The normalized spacial score (nSPS) is 11.7. The second-order valence-electron chi connectivity index (χ2n) is 8.75. The van der Waals surface area contributed by atoms with Crippen LogP contribution < -0.4 is 15.5 Å². The summed E-state index contributed by atoms with van der Waals surface area (Å²) in [6, 6.07) is 18.0. The second kappa shape index (κ2) is 14.4. The number of nitro benzene ring substituents is 2. The Bertz CT molecular complexity index is 1350. The first kappa shape index (κ1) is 29.8. The van der Waals surface area contributed by atoms with Gasteiger partial charge in [-0.05, 0) is 49.2 Å². The fraction of sp³-hybridized carbons (Fsp3) is 0.222. The highest BCUT2D eigenvalue weighted by atomic mass is 32.2. The molecule has 3 aromatic rings. The first-order valence-electron chi connectivity index (χ1n) is 12.1. The second-order valence-corrected chi connectivity index (χ2v) is 9.78. The first-order chi connectivity index (χ1) is 19.1. The maximum absolute atomic E-state index is 13.0. The van der Waals surface area contributed by atoms with E-state index in [1.54, 1.807) is 24.3 Å². The molecule has 0 fully saturated rings. The number of nitrogens with zero attached hydrogens (tertiary/aromatic N) is 3. The topological polar surface area (TPSA) is 166 Å². The van der Waals surface area contributed by atoms with E-state index >= 15 is 0 Å². The number of hydrazone groups is 1. The molecular formula is C27H27N5O7S. The predicted octanol–water partition coefficient (Wildman–Crippen LogP) is 4.47. The van der Waals surface area contributed by atoms with Gasteiger partial charge in [-0.3, -0.25) is 29.8 Å². The lowest BCUT2D eigenvalue weighted by Crippen LogP contribution is -2.47. The Kier molecular flexibility index (Phi) is 10.7. The van der Waals surface area contributed by atoms with Crippen molar-refractivity contribution in [2.75, 3.05) is 5.75 Å². The SMILES string of the molecule is CC(C)Oc1ccc(/C=N\NC(=O)[C@@H](CSCc2ccccc2)NC(=O)c2cc([N+](=O)[O-])cc([N+](=O)[O-])c2)cc1. The van der Waals surface area contributed by atoms with Crippen LogP contribution in [-0.4, -0.2) is 45.8 Å². The van der Waals surface area contributed by atoms with Crippen LogP contribution in [0.1, 0.15) is 35.3 Å². The molecule has 2 amide bonds. The Morgan fingerprint density at radius 3 is 2.17 bits per heavy atom. The van der Waals surface area contributed by atoms with Gasteiger partial charge in [0.1, 0.15) is 11.8 Å².